The van der Waals surface area contributed by atoms with E-state index in [1.165, 1.54) is 19.3 Å². The van der Waals surface area contributed by atoms with Crippen LogP contribution in [0.5, 0.6) is 0 Å². The van der Waals surface area contributed by atoms with E-state index in [2.05, 4.69) is 11.0 Å². The normalized spacial score (nSPS) is 34.4. The lowest BCUT2D eigenvalue weighted by atomic mass is 9.99. The van der Waals surface area contributed by atoms with Crippen LogP contribution in [0.1, 0.15) is 19.3 Å². The van der Waals surface area contributed by atoms with Crippen molar-refractivity contribution in [1.82, 2.24) is 4.90 Å². The second-order valence-corrected chi connectivity index (χ2v) is 5.22. The number of rotatable bonds is 4. The lowest BCUT2D eigenvalue weighted by Gasteiger charge is -2.26. The molecule has 3 nitrogen and oxygen atoms in total. The molecule has 0 spiro atoms. The molecule has 2 unspecified atom stereocenters. The van der Waals surface area contributed by atoms with Crippen LogP contribution in [0.4, 0.5) is 0 Å². The molecule has 0 N–H and O–H groups in total. The van der Waals surface area contributed by atoms with Gasteiger partial charge < -0.3 is 9.47 Å². The Balaban J connectivity index is 1.39. The Morgan fingerprint density at radius 2 is 2.19 bits per heavy atom. The predicted octanol–water partition coefficient (Wildman–Crippen LogP) is 1.65. The molecule has 3 aliphatic rings. The van der Waals surface area contributed by atoms with Gasteiger partial charge in [0.15, 0.2) is 0 Å². The van der Waals surface area contributed by atoms with Crippen molar-refractivity contribution in [3.8, 4) is 0 Å². The molecule has 2 atom stereocenters. The average molecular weight is 223 g/mol. The first-order valence-electron chi connectivity index (χ1n) is 6.50. The van der Waals surface area contributed by atoms with Gasteiger partial charge in [0.2, 0.25) is 0 Å². The largest absolute Gasteiger partial charge is 0.379 e. The van der Waals surface area contributed by atoms with Crippen molar-refractivity contribution >= 4 is 0 Å². The van der Waals surface area contributed by atoms with Gasteiger partial charge in [0, 0.05) is 13.1 Å². The van der Waals surface area contributed by atoms with Crippen molar-refractivity contribution in [2.24, 2.45) is 11.8 Å². The van der Waals surface area contributed by atoms with Gasteiger partial charge in [-0.2, -0.15) is 0 Å². The quantitative estimate of drug-likeness (QED) is 0.676. The molecular formula is C13H21NO2. The molecule has 1 heterocycles. The van der Waals surface area contributed by atoms with E-state index in [9.17, 15) is 0 Å². The molecule has 1 saturated heterocycles. The molecule has 3 rings (SSSR count). The van der Waals surface area contributed by atoms with Crippen molar-refractivity contribution in [2.45, 2.75) is 19.3 Å². The van der Waals surface area contributed by atoms with Gasteiger partial charge in [-0.3, -0.25) is 4.90 Å². The fourth-order valence-corrected chi connectivity index (χ4v) is 3.13. The summed E-state index contributed by atoms with van der Waals surface area (Å²) in [6, 6.07) is 0. The van der Waals surface area contributed by atoms with Crippen LogP contribution in [0.3, 0.4) is 0 Å². The fourth-order valence-electron chi connectivity index (χ4n) is 3.13. The van der Waals surface area contributed by atoms with E-state index in [4.69, 9.17) is 9.47 Å². The van der Waals surface area contributed by atoms with E-state index < -0.39 is 0 Å². The molecular weight excluding hydrogens is 202 g/mol. The monoisotopic (exact) mass is 223 g/mol. The molecule has 2 fully saturated rings. The van der Waals surface area contributed by atoms with Crippen LogP contribution >= 0.6 is 0 Å². The number of morpholine rings is 1. The molecule has 0 radical (unpaired) electrons. The zero-order valence-electron chi connectivity index (χ0n) is 9.86. The topological polar surface area (TPSA) is 21.7 Å². The van der Waals surface area contributed by atoms with Crippen molar-refractivity contribution in [3.05, 3.63) is 11.6 Å². The van der Waals surface area contributed by atoms with E-state index in [1.54, 1.807) is 5.57 Å². The van der Waals surface area contributed by atoms with Crippen LogP contribution in [0, 0.1) is 11.8 Å². The first-order valence-corrected chi connectivity index (χ1v) is 6.50. The van der Waals surface area contributed by atoms with Crippen LogP contribution < -0.4 is 0 Å². The Morgan fingerprint density at radius 3 is 2.88 bits per heavy atom. The van der Waals surface area contributed by atoms with E-state index >= 15 is 0 Å². The highest BCUT2D eigenvalue weighted by Gasteiger charge is 2.32. The van der Waals surface area contributed by atoms with E-state index in [0.29, 0.717) is 0 Å². The molecule has 0 aromatic carbocycles. The van der Waals surface area contributed by atoms with Crippen LogP contribution in [-0.4, -0.2) is 44.5 Å². The Morgan fingerprint density at radius 1 is 1.31 bits per heavy atom. The van der Waals surface area contributed by atoms with Crippen LogP contribution in [0.25, 0.3) is 0 Å². The summed E-state index contributed by atoms with van der Waals surface area (Å²) in [5.41, 5.74) is 1.57. The minimum absolute atomic E-state index is 0.776. The maximum Gasteiger partial charge on any atom is 0.0996 e. The Hall–Kier alpha value is -0.380. The highest BCUT2D eigenvalue weighted by Crippen LogP contribution is 2.43. The molecule has 2 aliphatic carbocycles. The number of ether oxygens (including phenoxy) is 2. The lowest BCUT2D eigenvalue weighted by molar-refractivity contribution is -0.0282. The van der Waals surface area contributed by atoms with E-state index in [0.717, 1.165) is 51.5 Å². The first-order chi connectivity index (χ1) is 7.92. The Labute approximate surface area is 97.4 Å². The molecule has 0 amide bonds. The van der Waals surface area contributed by atoms with Gasteiger partial charge in [-0.05, 0) is 36.7 Å². The lowest BCUT2D eigenvalue weighted by Crippen LogP contribution is -2.37. The number of hydrogen-bond acceptors (Lipinski definition) is 3. The zero-order chi connectivity index (χ0) is 10.8. The van der Waals surface area contributed by atoms with E-state index in [-0.39, 0.29) is 0 Å². The van der Waals surface area contributed by atoms with Gasteiger partial charge >= 0.3 is 0 Å². The molecule has 90 valence electrons. The Bertz CT molecular complexity index is 271. The molecule has 0 aromatic heterocycles. The molecule has 1 aliphatic heterocycles. The standard InChI is InChI=1S/C13H21NO2/c1-2-12-7-11(1)8-13(12)9-16-10-14-3-5-15-6-4-14/h8,11-12H,1-7,9-10H2. The maximum atomic E-state index is 5.81. The molecule has 16 heavy (non-hydrogen) atoms. The Kier molecular flexibility index (Phi) is 3.27. The van der Waals surface area contributed by atoms with E-state index in [1.807, 2.05) is 0 Å². The SMILES string of the molecule is C1=C(COCN2CCOCC2)C2CCC1C2. The van der Waals surface area contributed by atoms with Crippen molar-refractivity contribution in [3.63, 3.8) is 0 Å². The third-order valence-electron chi connectivity index (χ3n) is 4.09. The van der Waals surface area contributed by atoms with Gasteiger partial charge in [-0.25, -0.2) is 0 Å². The third-order valence-corrected chi connectivity index (χ3v) is 4.09. The smallest absolute Gasteiger partial charge is 0.0996 e. The van der Waals surface area contributed by atoms with Crippen LogP contribution in [-0.2, 0) is 9.47 Å². The van der Waals surface area contributed by atoms with Crippen LogP contribution in [0.2, 0.25) is 0 Å². The summed E-state index contributed by atoms with van der Waals surface area (Å²) in [6.07, 6.45) is 6.68. The summed E-state index contributed by atoms with van der Waals surface area (Å²) in [5, 5.41) is 0. The summed E-state index contributed by atoms with van der Waals surface area (Å²) in [5.74, 6) is 1.74. The summed E-state index contributed by atoms with van der Waals surface area (Å²) in [7, 11) is 0. The van der Waals surface area contributed by atoms with Gasteiger partial charge in [0.05, 0.1) is 26.6 Å². The fraction of sp³-hybridized carbons (Fsp3) is 0.846. The van der Waals surface area contributed by atoms with Gasteiger partial charge in [-0.15, -0.1) is 0 Å². The van der Waals surface area contributed by atoms with Crippen LogP contribution in [0.15, 0.2) is 11.6 Å². The number of fused-ring (bicyclic) bond motifs is 2. The number of allylic oxidation sites excluding steroid dienone is 1. The van der Waals surface area contributed by atoms with Gasteiger partial charge in [0.25, 0.3) is 0 Å². The second kappa shape index (κ2) is 4.86. The molecule has 0 aromatic rings. The van der Waals surface area contributed by atoms with Crippen molar-refractivity contribution in [1.29, 1.82) is 0 Å². The summed E-state index contributed by atoms with van der Waals surface area (Å²) in [4.78, 5) is 2.33. The summed E-state index contributed by atoms with van der Waals surface area (Å²) in [6.45, 7) is 5.39. The predicted molar refractivity (Wildman–Crippen MR) is 62.1 cm³/mol. The van der Waals surface area contributed by atoms with Gasteiger partial charge in [0.1, 0.15) is 0 Å². The molecule has 2 bridgehead atoms. The number of hydrogen-bond donors (Lipinski definition) is 0. The third kappa shape index (κ3) is 2.31. The summed E-state index contributed by atoms with van der Waals surface area (Å²) >= 11 is 0. The highest BCUT2D eigenvalue weighted by atomic mass is 16.5. The minimum atomic E-state index is 0.776. The van der Waals surface area contributed by atoms with Gasteiger partial charge in [-0.1, -0.05) is 6.08 Å². The maximum absolute atomic E-state index is 5.81. The molecule has 3 heteroatoms. The highest BCUT2D eigenvalue weighted by molar-refractivity contribution is 5.19. The molecule has 1 saturated carbocycles. The first kappa shape index (κ1) is 10.8. The van der Waals surface area contributed by atoms with Crippen molar-refractivity contribution in [2.75, 3.05) is 39.6 Å². The number of nitrogens with zero attached hydrogens (tertiary/aromatic N) is 1. The second-order valence-electron chi connectivity index (χ2n) is 5.22. The summed E-state index contributed by atoms with van der Waals surface area (Å²) < 4.78 is 11.1. The zero-order valence-corrected chi connectivity index (χ0v) is 9.86. The van der Waals surface area contributed by atoms with Crippen molar-refractivity contribution < 1.29 is 9.47 Å². The minimum Gasteiger partial charge on any atom is -0.379 e. The average Bonchev–Trinajstić information content (AvgIpc) is 2.92.